The Morgan fingerprint density at radius 2 is 1.08 bits per heavy atom. The fraction of sp³-hybridized carbons (Fsp3) is 0. The quantitative estimate of drug-likeness (QED) is 0.276. The molecule has 0 radical (unpaired) electrons. The Morgan fingerprint density at radius 3 is 1.81 bits per heavy atom. The van der Waals surface area contributed by atoms with Crippen molar-refractivity contribution in [1.29, 1.82) is 0 Å². The van der Waals surface area contributed by atoms with Crippen LogP contribution in [0.1, 0.15) is 0 Å². The Bertz CT molecular complexity index is 2050. The van der Waals surface area contributed by atoms with Crippen LogP contribution in [0.15, 0.2) is 132 Å². The molecule has 8 rings (SSSR count). The third kappa shape index (κ3) is 3.01. The van der Waals surface area contributed by atoms with Gasteiger partial charge in [0.05, 0.1) is 11.2 Å². The van der Waals surface area contributed by atoms with Gasteiger partial charge in [-0.2, -0.15) is 0 Å². The Morgan fingerprint density at radius 1 is 0.459 bits per heavy atom. The predicted octanol–water partition coefficient (Wildman–Crippen LogP) is 9.84. The van der Waals surface area contributed by atoms with Gasteiger partial charge in [-0.25, -0.2) is 0 Å². The van der Waals surface area contributed by atoms with E-state index in [4.69, 9.17) is 4.42 Å². The number of anilines is 3. The molecule has 8 aromatic rings. The standard InChI is InChI=1S/C34H22N2O/c1-3-11-22(12-4-1)36(23-13-5-2-6-14-23)32-20-29-28-19-27-24-15-9-10-18-30(24)35-31(27)21-33(28)37-34(29)26-17-8-7-16-25(26)32/h1-21,35H. The molecule has 0 saturated carbocycles. The maximum absolute atomic E-state index is 6.58. The first-order valence-electron chi connectivity index (χ1n) is 12.5. The summed E-state index contributed by atoms with van der Waals surface area (Å²) in [6.45, 7) is 0. The van der Waals surface area contributed by atoms with Gasteiger partial charge in [0.1, 0.15) is 11.2 Å². The smallest absolute Gasteiger partial charge is 0.143 e. The Kier molecular flexibility index (Phi) is 4.23. The van der Waals surface area contributed by atoms with Crippen LogP contribution in [0.4, 0.5) is 17.1 Å². The third-order valence-corrected chi connectivity index (χ3v) is 7.35. The predicted molar refractivity (Wildman–Crippen MR) is 155 cm³/mol. The van der Waals surface area contributed by atoms with Crippen molar-refractivity contribution in [2.75, 3.05) is 4.90 Å². The van der Waals surface area contributed by atoms with Crippen LogP contribution in [-0.2, 0) is 0 Å². The molecule has 0 spiro atoms. The average Bonchev–Trinajstić information content (AvgIpc) is 3.51. The van der Waals surface area contributed by atoms with Crippen LogP contribution in [0.3, 0.4) is 0 Å². The van der Waals surface area contributed by atoms with Gasteiger partial charge in [-0.15, -0.1) is 0 Å². The minimum absolute atomic E-state index is 0.891. The third-order valence-electron chi connectivity index (χ3n) is 7.35. The Labute approximate surface area is 213 Å². The summed E-state index contributed by atoms with van der Waals surface area (Å²) in [5.74, 6) is 0. The van der Waals surface area contributed by atoms with Crippen molar-refractivity contribution in [3.63, 3.8) is 0 Å². The number of aromatic amines is 1. The van der Waals surface area contributed by atoms with Crippen LogP contribution in [0.5, 0.6) is 0 Å². The summed E-state index contributed by atoms with van der Waals surface area (Å²) in [6, 6.07) is 44.9. The number of aromatic nitrogens is 1. The van der Waals surface area contributed by atoms with E-state index in [1.165, 1.54) is 10.8 Å². The van der Waals surface area contributed by atoms with Crippen LogP contribution in [0.2, 0.25) is 0 Å². The largest absolute Gasteiger partial charge is 0.455 e. The zero-order chi connectivity index (χ0) is 24.3. The van der Waals surface area contributed by atoms with Gasteiger partial charge in [0, 0.05) is 55.3 Å². The van der Waals surface area contributed by atoms with E-state index in [2.05, 4.69) is 137 Å². The number of H-pyrrole nitrogens is 1. The van der Waals surface area contributed by atoms with Gasteiger partial charge in [0.15, 0.2) is 0 Å². The topological polar surface area (TPSA) is 32.2 Å². The molecule has 0 bridgehead atoms. The molecule has 37 heavy (non-hydrogen) atoms. The molecule has 0 aliphatic carbocycles. The van der Waals surface area contributed by atoms with E-state index in [0.29, 0.717) is 0 Å². The number of rotatable bonds is 3. The molecular formula is C34H22N2O. The van der Waals surface area contributed by atoms with Crippen LogP contribution >= 0.6 is 0 Å². The highest BCUT2D eigenvalue weighted by Gasteiger charge is 2.20. The molecule has 6 aromatic carbocycles. The van der Waals surface area contributed by atoms with Gasteiger partial charge in [0.2, 0.25) is 0 Å². The van der Waals surface area contributed by atoms with Gasteiger partial charge in [-0.05, 0) is 42.5 Å². The van der Waals surface area contributed by atoms with Crippen molar-refractivity contribution in [2.24, 2.45) is 0 Å². The van der Waals surface area contributed by atoms with Crippen molar-refractivity contribution in [3.05, 3.63) is 127 Å². The van der Waals surface area contributed by atoms with Crippen LogP contribution in [0, 0.1) is 0 Å². The molecule has 174 valence electrons. The number of hydrogen-bond acceptors (Lipinski definition) is 2. The van der Waals surface area contributed by atoms with Crippen LogP contribution < -0.4 is 4.90 Å². The molecule has 0 fully saturated rings. The van der Waals surface area contributed by atoms with Gasteiger partial charge in [0.25, 0.3) is 0 Å². The number of hydrogen-bond donors (Lipinski definition) is 1. The molecule has 2 heterocycles. The number of nitrogens with zero attached hydrogens (tertiary/aromatic N) is 1. The fourth-order valence-electron chi connectivity index (χ4n) is 5.69. The van der Waals surface area contributed by atoms with Gasteiger partial charge in [-0.3, -0.25) is 0 Å². The summed E-state index contributed by atoms with van der Waals surface area (Å²) in [7, 11) is 0. The number of fused-ring (bicyclic) bond motifs is 8. The van der Waals surface area contributed by atoms with E-state index in [1.807, 2.05) is 0 Å². The number of benzene rings is 6. The van der Waals surface area contributed by atoms with Crippen molar-refractivity contribution >= 4 is 71.6 Å². The first-order valence-corrected chi connectivity index (χ1v) is 12.5. The van der Waals surface area contributed by atoms with Crippen molar-refractivity contribution < 1.29 is 4.42 Å². The highest BCUT2D eigenvalue weighted by Crippen LogP contribution is 2.45. The van der Waals surface area contributed by atoms with Crippen LogP contribution in [-0.4, -0.2) is 4.98 Å². The van der Waals surface area contributed by atoms with Gasteiger partial charge >= 0.3 is 0 Å². The Balaban J connectivity index is 1.50. The minimum Gasteiger partial charge on any atom is -0.455 e. The first kappa shape index (κ1) is 20.2. The first-order chi connectivity index (χ1) is 18.3. The maximum atomic E-state index is 6.58. The molecule has 0 aliphatic rings. The summed E-state index contributed by atoms with van der Waals surface area (Å²) in [5.41, 5.74) is 7.40. The molecule has 0 amide bonds. The normalized spacial score (nSPS) is 11.8. The minimum atomic E-state index is 0.891. The van der Waals surface area contributed by atoms with Gasteiger partial charge in [-0.1, -0.05) is 78.9 Å². The molecule has 2 aromatic heterocycles. The molecular weight excluding hydrogens is 452 g/mol. The molecule has 0 aliphatic heterocycles. The van der Waals surface area contributed by atoms with Crippen molar-refractivity contribution in [2.45, 2.75) is 0 Å². The zero-order valence-corrected chi connectivity index (χ0v) is 20.0. The summed E-state index contributed by atoms with van der Waals surface area (Å²) in [4.78, 5) is 5.89. The molecule has 0 atom stereocenters. The average molecular weight is 475 g/mol. The lowest BCUT2D eigenvalue weighted by Gasteiger charge is -2.27. The highest BCUT2D eigenvalue weighted by atomic mass is 16.3. The van der Waals surface area contributed by atoms with Crippen molar-refractivity contribution in [3.8, 4) is 0 Å². The van der Waals surface area contributed by atoms with E-state index < -0.39 is 0 Å². The zero-order valence-electron chi connectivity index (χ0n) is 20.0. The summed E-state index contributed by atoms with van der Waals surface area (Å²) < 4.78 is 6.58. The molecule has 3 nitrogen and oxygen atoms in total. The number of para-hydroxylation sites is 3. The van der Waals surface area contributed by atoms with E-state index >= 15 is 0 Å². The second-order valence-electron chi connectivity index (χ2n) is 9.49. The van der Waals surface area contributed by atoms with E-state index in [1.54, 1.807) is 0 Å². The molecule has 1 N–H and O–H groups in total. The van der Waals surface area contributed by atoms with E-state index in [9.17, 15) is 0 Å². The lowest BCUT2D eigenvalue weighted by atomic mass is 10.0. The van der Waals surface area contributed by atoms with E-state index in [0.717, 1.165) is 60.8 Å². The molecule has 3 heteroatoms. The second kappa shape index (κ2) is 7.74. The highest BCUT2D eigenvalue weighted by molar-refractivity contribution is 6.22. The summed E-state index contributed by atoms with van der Waals surface area (Å²) in [6.07, 6.45) is 0. The monoisotopic (exact) mass is 474 g/mol. The lowest BCUT2D eigenvalue weighted by Crippen LogP contribution is -2.10. The molecule has 0 saturated heterocycles. The Hall–Kier alpha value is -5.02. The fourth-order valence-corrected chi connectivity index (χ4v) is 5.69. The maximum Gasteiger partial charge on any atom is 0.143 e. The van der Waals surface area contributed by atoms with Crippen molar-refractivity contribution in [1.82, 2.24) is 4.98 Å². The summed E-state index contributed by atoms with van der Waals surface area (Å²) >= 11 is 0. The van der Waals surface area contributed by atoms with Crippen LogP contribution in [0.25, 0.3) is 54.5 Å². The summed E-state index contributed by atoms with van der Waals surface area (Å²) in [5, 5.41) is 6.94. The lowest BCUT2D eigenvalue weighted by molar-refractivity contribution is 0.673. The number of nitrogens with one attached hydrogen (secondary N) is 1. The SMILES string of the molecule is c1ccc(N(c2ccccc2)c2cc3c4cc5c(cc4oc3c3ccccc23)[nH]c2ccccc25)cc1. The number of furan rings is 1. The van der Waals surface area contributed by atoms with E-state index in [-0.39, 0.29) is 0 Å². The molecule has 0 unspecified atom stereocenters. The van der Waals surface area contributed by atoms with Gasteiger partial charge < -0.3 is 14.3 Å². The second-order valence-corrected chi connectivity index (χ2v) is 9.49.